The highest BCUT2D eigenvalue weighted by atomic mass is 16.5. The molecule has 0 saturated heterocycles. The lowest BCUT2D eigenvalue weighted by atomic mass is 9.93. The van der Waals surface area contributed by atoms with Gasteiger partial charge in [-0.2, -0.15) is 0 Å². The Balaban J connectivity index is 1.29. The molecule has 6 aromatic rings. The van der Waals surface area contributed by atoms with Crippen LogP contribution >= 0.6 is 0 Å². The lowest BCUT2D eigenvalue weighted by molar-refractivity contribution is 0.0681. The highest BCUT2D eigenvalue weighted by Crippen LogP contribution is 2.47. The molecule has 0 aliphatic rings. The zero-order valence-corrected chi connectivity index (χ0v) is 40.0. The number of aromatic carboxylic acids is 1. The normalized spacial score (nSPS) is 11.2. The van der Waals surface area contributed by atoms with Crippen LogP contribution in [-0.4, -0.2) is 63.3 Å². The lowest BCUT2D eigenvalue weighted by Gasteiger charge is -2.20. The quantitative estimate of drug-likeness (QED) is 0.0201. The van der Waals surface area contributed by atoms with E-state index >= 15 is 0 Å². The van der Waals surface area contributed by atoms with Crippen LogP contribution in [0.5, 0.6) is 46.0 Å². The molecule has 0 aliphatic heterocycles. The number of unbranched alkanes of at least 4 members (excludes halogenated alkanes) is 6. The first-order valence-corrected chi connectivity index (χ1v) is 24.4. The number of fused-ring (bicyclic) bond motifs is 6. The molecule has 0 saturated carbocycles. The summed E-state index contributed by atoms with van der Waals surface area (Å²) in [5, 5.41) is 15.5. The molecule has 0 heterocycles. The van der Waals surface area contributed by atoms with Crippen LogP contribution in [0.3, 0.4) is 0 Å². The second-order valence-corrected chi connectivity index (χ2v) is 16.7. The van der Waals surface area contributed by atoms with E-state index in [9.17, 15) is 14.7 Å². The maximum Gasteiger partial charge on any atom is 0.343 e. The van der Waals surface area contributed by atoms with Gasteiger partial charge in [0.15, 0.2) is 34.5 Å². The number of para-hydroxylation sites is 1. The maximum atomic E-state index is 12.8. The van der Waals surface area contributed by atoms with Crippen molar-refractivity contribution in [3.63, 3.8) is 0 Å². The zero-order valence-electron chi connectivity index (χ0n) is 40.0. The third kappa shape index (κ3) is 13.6. The van der Waals surface area contributed by atoms with Gasteiger partial charge in [-0.15, -0.1) is 0 Å². The summed E-state index contributed by atoms with van der Waals surface area (Å²) < 4.78 is 50.3. The van der Waals surface area contributed by atoms with Crippen LogP contribution < -0.4 is 37.9 Å². The van der Waals surface area contributed by atoms with Gasteiger partial charge in [-0.1, -0.05) is 78.9 Å². The topological polar surface area (TPSA) is 128 Å². The highest BCUT2D eigenvalue weighted by Gasteiger charge is 2.21. The van der Waals surface area contributed by atoms with E-state index in [-0.39, 0.29) is 16.9 Å². The van der Waals surface area contributed by atoms with Gasteiger partial charge in [0.2, 0.25) is 0 Å². The minimum absolute atomic E-state index is 0.0138. The second-order valence-electron chi connectivity index (χ2n) is 16.7. The van der Waals surface area contributed by atoms with E-state index < -0.39 is 11.9 Å². The molecule has 11 nitrogen and oxygen atoms in total. The van der Waals surface area contributed by atoms with Crippen LogP contribution in [0.2, 0.25) is 0 Å². The summed E-state index contributed by atoms with van der Waals surface area (Å²) >= 11 is 0. The second kappa shape index (κ2) is 26.1. The van der Waals surface area contributed by atoms with Crippen molar-refractivity contribution in [2.24, 2.45) is 0 Å². The van der Waals surface area contributed by atoms with Crippen LogP contribution in [0.25, 0.3) is 32.3 Å². The summed E-state index contributed by atoms with van der Waals surface area (Å²) in [7, 11) is 0. The summed E-state index contributed by atoms with van der Waals surface area (Å²) in [5.41, 5.74) is 0.188. The molecule has 6 aromatic carbocycles. The number of rotatable bonds is 30. The Morgan fingerprint density at radius 3 is 1.03 bits per heavy atom. The fourth-order valence-electron chi connectivity index (χ4n) is 7.48. The van der Waals surface area contributed by atoms with Crippen molar-refractivity contribution < 1.29 is 52.6 Å². The minimum Gasteiger partial charge on any atom is -0.494 e. The fourth-order valence-corrected chi connectivity index (χ4v) is 7.48. The number of hydrogen-bond acceptors (Lipinski definition) is 10. The van der Waals surface area contributed by atoms with Gasteiger partial charge in [0.05, 0.1) is 51.8 Å². The highest BCUT2D eigenvalue weighted by molar-refractivity contribution is 6.27. The summed E-state index contributed by atoms with van der Waals surface area (Å²) in [6.45, 7) is 14.6. The molecule has 0 amide bonds. The van der Waals surface area contributed by atoms with Gasteiger partial charge in [-0.25, -0.2) is 9.59 Å². The Bertz CT molecular complexity index is 2480. The van der Waals surface area contributed by atoms with Crippen LogP contribution in [0.1, 0.15) is 132 Å². The monoisotopic (exact) mass is 916 g/mol. The summed E-state index contributed by atoms with van der Waals surface area (Å²) in [4.78, 5) is 24.3. The van der Waals surface area contributed by atoms with Crippen molar-refractivity contribution >= 4 is 44.3 Å². The van der Waals surface area contributed by atoms with E-state index in [0.717, 1.165) is 120 Å². The first-order chi connectivity index (χ1) is 32.8. The number of benzene rings is 6. The Hall–Kier alpha value is -6.36. The average Bonchev–Trinajstić information content (AvgIpc) is 3.33. The average molecular weight is 917 g/mol. The smallest absolute Gasteiger partial charge is 0.343 e. The van der Waals surface area contributed by atoms with E-state index in [4.69, 9.17) is 37.9 Å². The summed E-state index contributed by atoms with van der Waals surface area (Å²) in [6, 6.07) is 25.4. The van der Waals surface area contributed by atoms with Crippen LogP contribution in [-0.2, 0) is 0 Å². The van der Waals surface area contributed by atoms with Crippen molar-refractivity contribution in [1.82, 2.24) is 0 Å². The van der Waals surface area contributed by atoms with Gasteiger partial charge >= 0.3 is 11.9 Å². The van der Waals surface area contributed by atoms with Gasteiger partial charge in [0, 0.05) is 0 Å². The van der Waals surface area contributed by atoms with Crippen LogP contribution in [0.15, 0.2) is 84.9 Å². The first kappa shape index (κ1) is 50.1. The molecule has 67 heavy (non-hydrogen) atoms. The van der Waals surface area contributed by atoms with E-state index in [1.807, 2.05) is 0 Å². The number of carbonyl (C=O) groups excluding carboxylic acids is 1. The van der Waals surface area contributed by atoms with E-state index in [0.29, 0.717) is 76.3 Å². The predicted octanol–water partition coefficient (Wildman–Crippen LogP) is 14.2. The molecule has 358 valence electrons. The molecule has 0 unspecified atom stereocenters. The van der Waals surface area contributed by atoms with Gasteiger partial charge < -0.3 is 43.0 Å². The molecular formula is C56H68O11. The largest absolute Gasteiger partial charge is 0.494 e. The molecule has 0 radical (unpaired) electrons. The number of carbonyl (C=O) groups is 2. The Morgan fingerprint density at radius 1 is 0.388 bits per heavy atom. The van der Waals surface area contributed by atoms with Gasteiger partial charge in [0.1, 0.15) is 17.1 Å². The van der Waals surface area contributed by atoms with Crippen molar-refractivity contribution in [2.75, 3.05) is 46.2 Å². The fraction of sp³-hybridized carbons (Fsp3) is 0.429. The lowest BCUT2D eigenvalue weighted by Crippen LogP contribution is -2.11. The summed E-state index contributed by atoms with van der Waals surface area (Å²) in [5.74, 6) is 3.00. The van der Waals surface area contributed by atoms with Crippen LogP contribution in [0, 0.1) is 0 Å². The Labute approximate surface area is 395 Å². The van der Waals surface area contributed by atoms with Gasteiger partial charge in [-0.05, 0) is 150 Å². The molecule has 0 fully saturated rings. The maximum absolute atomic E-state index is 12.8. The molecule has 0 bridgehead atoms. The number of carboxylic acid groups (broad SMARTS) is 1. The third-order valence-corrected chi connectivity index (χ3v) is 11.4. The van der Waals surface area contributed by atoms with E-state index in [1.165, 1.54) is 12.1 Å². The minimum atomic E-state index is -1.17. The van der Waals surface area contributed by atoms with E-state index in [1.54, 1.807) is 36.4 Å². The molecule has 0 atom stereocenters. The van der Waals surface area contributed by atoms with Gasteiger partial charge in [0.25, 0.3) is 0 Å². The van der Waals surface area contributed by atoms with Crippen molar-refractivity contribution in [3.05, 3.63) is 96.1 Å². The number of ether oxygens (including phenoxy) is 8. The molecule has 0 spiro atoms. The molecule has 11 heteroatoms. The standard InChI is InChI=1S/C56H68O11/c1-6-11-26-61-49-33-42-43-34-50(62-27-12-7-2)52(64-29-14-9-4)36-45(43)47-38-54(53(65-30-15-10-5)37-46(47)44(42)35-51(49)63-28-13-8-3)66-32-19-18-31-60-40-24-22-39(23-25-40)56(59)67-48-21-17-16-20-41(48)55(57)58/h16-17,20-25,33-38H,6-15,18-19,26-32H2,1-5H3,(H,57,58). The van der Waals surface area contributed by atoms with Crippen molar-refractivity contribution in [1.29, 1.82) is 0 Å². The SMILES string of the molecule is CCCCOc1cc2c3cc(OCCCC)c(OCCCC)cc3c3cc(OCCCCOc4ccc(C(=O)Oc5ccccc5C(=O)O)cc4)c(OCCCC)cc3c2cc1OCCCC. The number of esters is 1. The third-order valence-electron chi connectivity index (χ3n) is 11.4. The van der Waals surface area contributed by atoms with Crippen molar-refractivity contribution in [2.45, 2.75) is 112 Å². The Kier molecular flexibility index (Phi) is 19.5. The Morgan fingerprint density at radius 2 is 0.701 bits per heavy atom. The molecule has 6 rings (SSSR count). The van der Waals surface area contributed by atoms with Crippen LogP contribution in [0.4, 0.5) is 0 Å². The number of hydrogen-bond donors (Lipinski definition) is 1. The van der Waals surface area contributed by atoms with Crippen molar-refractivity contribution in [3.8, 4) is 46.0 Å². The zero-order chi connectivity index (χ0) is 47.4. The predicted molar refractivity (Wildman–Crippen MR) is 266 cm³/mol. The van der Waals surface area contributed by atoms with E-state index in [2.05, 4.69) is 71.0 Å². The molecule has 0 aromatic heterocycles. The van der Waals surface area contributed by atoms with Gasteiger partial charge in [-0.3, -0.25) is 0 Å². The molecular weight excluding hydrogens is 849 g/mol. The number of carboxylic acids is 1. The molecule has 1 N–H and O–H groups in total. The first-order valence-electron chi connectivity index (χ1n) is 24.4. The molecule has 0 aliphatic carbocycles. The summed E-state index contributed by atoms with van der Waals surface area (Å²) in [6.07, 6.45) is 11.2.